The summed E-state index contributed by atoms with van der Waals surface area (Å²) in [6.45, 7) is 0. The van der Waals surface area contributed by atoms with E-state index in [9.17, 15) is 36.1 Å². The Hall–Kier alpha value is -2.32. The van der Waals surface area contributed by atoms with Crippen molar-refractivity contribution in [2.24, 2.45) is 5.10 Å². The van der Waals surface area contributed by atoms with Gasteiger partial charge >= 0.3 is 29.6 Å². The van der Waals surface area contributed by atoms with E-state index < -0.39 is 35.0 Å². The Bertz CT molecular complexity index is 1570. The predicted molar refractivity (Wildman–Crippen MR) is 140 cm³/mol. The number of rotatable bonds is 6. The van der Waals surface area contributed by atoms with Crippen LogP contribution in [0.25, 0.3) is 0 Å². The number of benzene rings is 3. The molecule has 0 bridgehead atoms. The van der Waals surface area contributed by atoms with Crippen LogP contribution in [0.1, 0.15) is 5.56 Å². The number of halogens is 1. The molecule has 13 nitrogen and oxygen atoms in total. The Morgan fingerprint density at radius 1 is 0.889 bits per heavy atom. The zero-order valence-electron chi connectivity index (χ0n) is 17.2. The minimum absolute atomic E-state index is 0. The van der Waals surface area contributed by atoms with Crippen LogP contribution in [-0.2, 0) is 20.2 Å². The Morgan fingerprint density at radius 3 is 2.00 bits per heavy atom. The molecule has 1 heterocycles. The molecule has 0 saturated carbocycles. The number of hydrazine groups is 2. The molecular formula is C19H15IN5NaO8S2. The van der Waals surface area contributed by atoms with E-state index in [2.05, 4.69) is 33.1 Å². The number of nitrogens with zero attached hydrogens (tertiary/aromatic N) is 4. The minimum atomic E-state index is -4.95. The van der Waals surface area contributed by atoms with E-state index in [1.54, 1.807) is 24.3 Å². The summed E-state index contributed by atoms with van der Waals surface area (Å²) in [5.74, 6) is -0.101. The van der Waals surface area contributed by atoms with Gasteiger partial charge < -0.3 is 0 Å². The van der Waals surface area contributed by atoms with Gasteiger partial charge in [-0.1, -0.05) is 0 Å². The summed E-state index contributed by atoms with van der Waals surface area (Å²) in [6, 6.07) is 15.1. The summed E-state index contributed by atoms with van der Waals surface area (Å²) >= 11 is 2.11. The summed E-state index contributed by atoms with van der Waals surface area (Å²) in [5.41, 5.74) is 3.45. The third-order valence-corrected chi connectivity index (χ3v) is 7.20. The zero-order chi connectivity index (χ0) is 25.5. The Kier molecular flexibility index (Phi) is 8.30. The van der Waals surface area contributed by atoms with Crippen LogP contribution in [0.2, 0.25) is 0 Å². The Balaban J connectivity index is 0.00000361. The van der Waals surface area contributed by atoms with Crippen molar-refractivity contribution in [2.75, 3.05) is 10.2 Å². The van der Waals surface area contributed by atoms with Gasteiger partial charge in [0.25, 0.3) is 25.9 Å². The van der Waals surface area contributed by atoms with Crippen molar-refractivity contribution in [1.82, 2.24) is 5.43 Å². The van der Waals surface area contributed by atoms with Crippen molar-refractivity contribution in [3.63, 3.8) is 0 Å². The number of non-ortho nitro benzene ring substituents is 1. The average molecular weight is 655 g/mol. The maximum atomic E-state index is 12.0. The third-order valence-electron chi connectivity index (χ3n) is 4.74. The van der Waals surface area contributed by atoms with Gasteiger partial charge in [-0.2, -0.15) is 27.1 Å². The van der Waals surface area contributed by atoms with E-state index in [0.29, 0.717) is 17.4 Å². The molecule has 0 atom stereocenters. The van der Waals surface area contributed by atoms with E-state index in [4.69, 9.17) is 0 Å². The van der Waals surface area contributed by atoms with Gasteiger partial charge in [0.1, 0.15) is 4.90 Å². The van der Waals surface area contributed by atoms with Crippen LogP contribution < -0.4 is 15.7 Å². The number of hydrogen-bond acceptors (Lipinski definition) is 10. The fourth-order valence-electron chi connectivity index (χ4n) is 3.13. The van der Waals surface area contributed by atoms with Crippen LogP contribution in [0, 0.1) is 13.7 Å². The van der Waals surface area contributed by atoms with E-state index in [1.807, 2.05) is 0 Å². The van der Waals surface area contributed by atoms with Crippen LogP contribution in [0.15, 0.2) is 81.6 Å². The van der Waals surface area contributed by atoms with Gasteiger partial charge in [-0.05, 0) is 77.2 Å². The van der Waals surface area contributed by atoms with Crippen molar-refractivity contribution in [3.8, 4) is 0 Å². The number of nitrogens with one attached hydrogen (secondary N) is 1. The van der Waals surface area contributed by atoms with Crippen LogP contribution >= 0.6 is 22.6 Å². The van der Waals surface area contributed by atoms with Gasteiger partial charge in [0, 0.05) is 21.3 Å². The molecule has 0 aliphatic carbocycles. The summed E-state index contributed by atoms with van der Waals surface area (Å²) in [7, 11) is -9.71. The molecular weight excluding hydrogens is 640 g/mol. The van der Waals surface area contributed by atoms with Crippen molar-refractivity contribution in [1.29, 1.82) is 0 Å². The van der Waals surface area contributed by atoms with E-state index in [-0.39, 0.29) is 46.6 Å². The number of hydrazone groups is 1. The number of amidine groups is 1. The first-order valence-electron chi connectivity index (χ1n) is 9.39. The van der Waals surface area contributed by atoms with E-state index in [0.717, 1.165) is 15.7 Å². The molecule has 3 N–H and O–H groups in total. The first kappa shape index (κ1) is 28.3. The molecule has 4 rings (SSSR count). The summed E-state index contributed by atoms with van der Waals surface area (Å²) in [5, 5.41) is 18.1. The van der Waals surface area contributed by atoms with Gasteiger partial charge in [0.15, 0.2) is 5.84 Å². The molecule has 17 heteroatoms. The van der Waals surface area contributed by atoms with Crippen molar-refractivity contribution in [2.45, 2.75) is 9.79 Å². The van der Waals surface area contributed by atoms with Crippen LogP contribution in [0.3, 0.4) is 0 Å². The molecule has 0 spiro atoms. The van der Waals surface area contributed by atoms with Crippen LogP contribution in [0.4, 0.5) is 17.1 Å². The monoisotopic (exact) mass is 655 g/mol. The molecule has 1 aliphatic rings. The summed E-state index contributed by atoms with van der Waals surface area (Å²) in [4.78, 5) is 8.90. The van der Waals surface area contributed by atoms with Crippen molar-refractivity contribution in [3.05, 3.63) is 86.0 Å². The fourth-order valence-corrected chi connectivity index (χ4v) is 4.79. The zero-order valence-corrected chi connectivity index (χ0v) is 21.0. The molecule has 0 radical (unpaired) electrons. The predicted octanol–water partition coefficient (Wildman–Crippen LogP) is 2.15. The molecule has 0 saturated heterocycles. The Morgan fingerprint density at radius 2 is 1.47 bits per heavy atom. The number of hydrogen-bond donors (Lipinski definition) is 3. The first-order valence-corrected chi connectivity index (χ1v) is 13.4. The standard InChI is InChI=1S/C19H14IN5O8S2.Na.H/c20-12-1-3-13(4-2-12)23-21-19(22-24(23)14-5-7-15(8-6-14)25(26)27)17-10-9-16(34(28,29)30)11-18(17)35(31,32)33;;/h1-11H,(H,21,22)(H,28,29,30)(H,31,32,33);;. The second-order valence-corrected chi connectivity index (χ2v) is 11.1. The van der Waals surface area contributed by atoms with Crippen molar-refractivity contribution < 1.29 is 30.9 Å². The molecule has 0 fully saturated rings. The molecule has 3 aromatic rings. The SMILES string of the molecule is O=[N+]([O-])c1ccc(N2N=C(c3ccc(S(=O)(=O)O)cc3S(=O)(=O)O)NN2c2ccc(I)cc2)cc1.[NaH]. The maximum absolute atomic E-state index is 12.0. The third kappa shape index (κ3) is 5.97. The average Bonchev–Trinajstić information content (AvgIpc) is 3.23. The van der Waals surface area contributed by atoms with Gasteiger partial charge in [0.05, 0.1) is 21.2 Å². The first-order chi connectivity index (χ1) is 16.3. The van der Waals surface area contributed by atoms with Gasteiger partial charge in [0.2, 0.25) is 0 Å². The summed E-state index contributed by atoms with van der Waals surface area (Å²) in [6.07, 6.45) is 0. The normalized spacial score (nSPS) is 13.6. The van der Waals surface area contributed by atoms with Crippen molar-refractivity contribution >= 4 is 95.3 Å². The Labute approximate surface area is 240 Å². The number of nitro benzene ring substituents is 1. The molecule has 3 aromatic carbocycles. The second kappa shape index (κ2) is 10.6. The molecule has 0 unspecified atom stereocenters. The number of anilines is 2. The molecule has 1 aliphatic heterocycles. The van der Waals surface area contributed by atoms with Crippen LogP contribution in [0.5, 0.6) is 0 Å². The van der Waals surface area contributed by atoms with E-state index >= 15 is 0 Å². The second-order valence-electron chi connectivity index (χ2n) is 7.02. The van der Waals surface area contributed by atoms with E-state index in [1.165, 1.54) is 34.5 Å². The van der Waals surface area contributed by atoms with Gasteiger partial charge in [-0.25, -0.2) is 0 Å². The topological polar surface area (TPSA) is 183 Å². The van der Waals surface area contributed by atoms with Gasteiger partial charge in [-0.3, -0.25) is 24.6 Å². The summed E-state index contributed by atoms with van der Waals surface area (Å²) < 4.78 is 67.0. The number of nitro groups is 1. The molecule has 36 heavy (non-hydrogen) atoms. The molecule has 184 valence electrons. The van der Waals surface area contributed by atoms with Gasteiger partial charge in [-0.15, -0.1) is 5.10 Å². The fraction of sp³-hybridized carbons (Fsp3) is 0. The molecule has 0 aromatic heterocycles. The molecule has 0 amide bonds. The quantitative estimate of drug-likeness (QED) is 0.116. The van der Waals surface area contributed by atoms with Crippen LogP contribution in [-0.4, -0.2) is 66.3 Å².